The van der Waals surface area contributed by atoms with E-state index in [1.807, 2.05) is 12.1 Å². The maximum Gasteiger partial charge on any atom is 0.128 e. The van der Waals surface area contributed by atoms with E-state index in [0.717, 1.165) is 56.1 Å². The molecule has 0 aliphatic carbocycles. The zero-order valence-electron chi connectivity index (χ0n) is 13.6. The SMILES string of the molecule is CCCOc1ccccc1-c1n[nH]c2c1CN(CCC)CC2. The predicted molar refractivity (Wildman–Crippen MR) is 89.1 cm³/mol. The van der Waals surface area contributed by atoms with Crippen molar-refractivity contribution in [3.05, 3.63) is 35.5 Å². The number of para-hydroxylation sites is 1. The summed E-state index contributed by atoms with van der Waals surface area (Å²) in [6, 6.07) is 8.23. The number of aromatic nitrogens is 2. The molecule has 0 fully saturated rings. The summed E-state index contributed by atoms with van der Waals surface area (Å²) < 4.78 is 5.91. The zero-order valence-corrected chi connectivity index (χ0v) is 13.6. The van der Waals surface area contributed by atoms with Crippen LogP contribution in [-0.4, -0.2) is 34.8 Å². The molecular formula is C18H25N3O. The van der Waals surface area contributed by atoms with Crippen LogP contribution in [0.1, 0.15) is 37.9 Å². The highest BCUT2D eigenvalue weighted by molar-refractivity contribution is 5.70. The summed E-state index contributed by atoms with van der Waals surface area (Å²) in [5, 5.41) is 7.84. The Kier molecular flexibility index (Phi) is 4.78. The maximum absolute atomic E-state index is 5.91. The van der Waals surface area contributed by atoms with E-state index in [1.54, 1.807) is 0 Å². The first-order valence-corrected chi connectivity index (χ1v) is 8.34. The van der Waals surface area contributed by atoms with E-state index in [2.05, 4.69) is 41.1 Å². The predicted octanol–water partition coefficient (Wildman–Crippen LogP) is 3.63. The van der Waals surface area contributed by atoms with Crippen LogP contribution in [0.25, 0.3) is 11.3 Å². The highest BCUT2D eigenvalue weighted by Crippen LogP contribution is 2.34. The van der Waals surface area contributed by atoms with Gasteiger partial charge in [0.1, 0.15) is 11.4 Å². The first-order valence-electron chi connectivity index (χ1n) is 8.34. The molecule has 1 aliphatic heterocycles. The van der Waals surface area contributed by atoms with Crippen LogP contribution >= 0.6 is 0 Å². The first-order chi connectivity index (χ1) is 10.8. The van der Waals surface area contributed by atoms with Gasteiger partial charge in [0, 0.05) is 36.3 Å². The molecule has 0 atom stereocenters. The number of fused-ring (bicyclic) bond motifs is 1. The minimum atomic E-state index is 0.742. The number of hydrogen-bond donors (Lipinski definition) is 1. The molecule has 0 unspecified atom stereocenters. The third-order valence-corrected chi connectivity index (χ3v) is 4.16. The number of H-pyrrole nitrogens is 1. The van der Waals surface area contributed by atoms with Gasteiger partial charge in [-0.3, -0.25) is 10.00 Å². The summed E-state index contributed by atoms with van der Waals surface area (Å²) in [5.74, 6) is 0.936. The summed E-state index contributed by atoms with van der Waals surface area (Å²) >= 11 is 0. The normalized spacial score (nSPS) is 14.8. The molecule has 1 N–H and O–H groups in total. The van der Waals surface area contributed by atoms with Crippen LogP contribution in [0, 0.1) is 0 Å². The van der Waals surface area contributed by atoms with Crippen LogP contribution in [0.15, 0.2) is 24.3 Å². The van der Waals surface area contributed by atoms with Gasteiger partial charge in [0.15, 0.2) is 0 Å². The molecule has 2 aromatic rings. The molecule has 0 spiro atoms. The Morgan fingerprint density at radius 3 is 2.91 bits per heavy atom. The van der Waals surface area contributed by atoms with E-state index in [9.17, 15) is 0 Å². The summed E-state index contributed by atoms with van der Waals surface area (Å²) in [7, 11) is 0. The van der Waals surface area contributed by atoms with Gasteiger partial charge in [0.2, 0.25) is 0 Å². The van der Waals surface area contributed by atoms with E-state index in [1.165, 1.54) is 17.7 Å². The van der Waals surface area contributed by atoms with Crippen molar-refractivity contribution in [2.45, 2.75) is 39.7 Å². The second-order valence-corrected chi connectivity index (χ2v) is 5.90. The molecule has 2 heterocycles. The molecule has 4 heteroatoms. The Morgan fingerprint density at radius 2 is 2.09 bits per heavy atom. The van der Waals surface area contributed by atoms with Crippen molar-refractivity contribution >= 4 is 0 Å². The van der Waals surface area contributed by atoms with Gasteiger partial charge in [-0.1, -0.05) is 26.0 Å². The van der Waals surface area contributed by atoms with Crippen LogP contribution in [0.3, 0.4) is 0 Å². The Bertz CT molecular complexity index is 621. The van der Waals surface area contributed by atoms with Crippen LogP contribution in [0.4, 0.5) is 0 Å². The van der Waals surface area contributed by atoms with Crippen LogP contribution in [-0.2, 0) is 13.0 Å². The zero-order chi connectivity index (χ0) is 15.4. The summed E-state index contributed by atoms with van der Waals surface area (Å²) in [5.41, 5.74) is 4.79. The van der Waals surface area contributed by atoms with E-state index in [4.69, 9.17) is 4.74 Å². The molecule has 0 saturated carbocycles. The molecular weight excluding hydrogens is 274 g/mol. The standard InChI is InChI=1S/C18H25N3O/c1-3-10-21-11-9-16-15(13-21)18(20-19-16)14-7-5-6-8-17(14)22-12-4-2/h5-8H,3-4,9-13H2,1-2H3,(H,19,20). The molecule has 1 aromatic carbocycles. The van der Waals surface area contributed by atoms with Gasteiger partial charge in [0.25, 0.3) is 0 Å². The van der Waals surface area contributed by atoms with Crippen molar-refractivity contribution in [2.24, 2.45) is 0 Å². The maximum atomic E-state index is 5.91. The van der Waals surface area contributed by atoms with Crippen molar-refractivity contribution in [3.63, 3.8) is 0 Å². The molecule has 0 bridgehead atoms. The molecule has 1 aromatic heterocycles. The number of benzene rings is 1. The van der Waals surface area contributed by atoms with Crippen molar-refractivity contribution in [2.75, 3.05) is 19.7 Å². The average Bonchev–Trinajstić information content (AvgIpc) is 2.96. The monoisotopic (exact) mass is 299 g/mol. The molecule has 0 radical (unpaired) electrons. The van der Waals surface area contributed by atoms with Gasteiger partial charge in [-0.15, -0.1) is 0 Å². The van der Waals surface area contributed by atoms with Gasteiger partial charge < -0.3 is 4.74 Å². The third-order valence-electron chi connectivity index (χ3n) is 4.16. The lowest BCUT2D eigenvalue weighted by atomic mass is 10.0. The van der Waals surface area contributed by atoms with Gasteiger partial charge in [0.05, 0.1) is 6.61 Å². The quantitative estimate of drug-likeness (QED) is 0.885. The Balaban J connectivity index is 1.92. The highest BCUT2D eigenvalue weighted by atomic mass is 16.5. The number of rotatable bonds is 6. The number of aromatic amines is 1. The number of hydrogen-bond acceptors (Lipinski definition) is 3. The second kappa shape index (κ2) is 6.97. The van der Waals surface area contributed by atoms with Crippen LogP contribution in [0.2, 0.25) is 0 Å². The highest BCUT2D eigenvalue weighted by Gasteiger charge is 2.23. The van der Waals surface area contributed by atoms with E-state index < -0.39 is 0 Å². The van der Waals surface area contributed by atoms with E-state index in [0.29, 0.717) is 0 Å². The first kappa shape index (κ1) is 15.1. The molecule has 1 aliphatic rings. The topological polar surface area (TPSA) is 41.1 Å². The summed E-state index contributed by atoms with van der Waals surface area (Å²) in [6.45, 7) is 8.36. The molecule has 0 amide bonds. The van der Waals surface area contributed by atoms with Gasteiger partial charge in [-0.05, 0) is 31.5 Å². The van der Waals surface area contributed by atoms with Crippen LogP contribution in [0.5, 0.6) is 5.75 Å². The minimum Gasteiger partial charge on any atom is -0.493 e. The summed E-state index contributed by atoms with van der Waals surface area (Å²) in [4.78, 5) is 2.51. The smallest absolute Gasteiger partial charge is 0.128 e. The fraction of sp³-hybridized carbons (Fsp3) is 0.500. The lowest BCUT2D eigenvalue weighted by Crippen LogP contribution is -2.31. The Morgan fingerprint density at radius 1 is 1.23 bits per heavy atom. The van der Waals surface area contributed by atoms with Gasteiger partial charge in [-0.25, -0.2) is 0 Å². The summed E-state index contributed by atoms with van der Waals surface area (Å²) in [6.07, 6.45) is 3.26. The fourth-order valence-electron chi connectivity index (χ4n) is 3.08. The second-order valence-electron chi connectivity index (χ2n) is 5.90. The van der Waals surface area contributed by atoms with Gasteiger partial charge in [-0.2, -0.15) is 5.10 Å². The molecule has 0 saturated heterocycles. The molecule has 118 valence electrons. The lowest BCUT2D eigenvalue weighted by Gasteiger charge is -2.26. The average molecular weight is 299 g/mol. The number of ether oxygens (including phenoxy) is 1. The van der Waals surface area contributed by atoms with E-state index in [-0.39, 0.29) is 0 Å². The van der Waals surface area contributed by atoms with Crippen molar-refractivity contribution in [3.8, 4) is 17.0 Å². The minimum absolute atomic E-state index is 0.742. The Labute approximate surface area is 132 Å². The number of nitrogens with zero attached hydrogens (tertiary/aromatic N) is 2. The lowest BCUT2D eigenvalue weighted by molar-refractivity contribution is 0.254. The fourth-order valence-corrected chi connectivity index (χ4v) is 3.08. The van der Waals surface area contributed by atoms with Crippen molar-refractivity contribution in [1.29, 1.82) is 0 Å². The van der Waals surface area contributed by atoms with Crippen LogP contribution < -0.4 is 4.74 Å². The van der Waals surface area contributed by atoms with Crippen molar-refractivity contribution < 1.29 is 4.74 Å². The largest absolute Gasteiger partial charge is 0.493 e. The third kappa shape index (κ3) is 3.02. The van der Waals surface area contributed by atoms with Crippen molar-refractivity contribution in [1.82, 2.24) is 15.1 Å². The molecule has 22 heavy (non-hydrogen) atoms. The Hall–Kier alpha value is -1.81. The molecule has 4 nitrogen and oxygen atoms in total. The van der Waals surface area contributed by atoms with Gasteiger partial charge >= 0.3 is 0 Å². The van der Waals surface area contributed by atoms with E-state index >= 15 is 0 Å². The molecule has 3 rings (SSSR count). The number of nitrogens with one attached hydrogen (secondary N) is 1.